The minimum Gasteiger partial charge on any atom is -0.465 e. The molecule has 0 fully saturated rings. The van der Waals surface area contributed by atoms with E-state index in [-0.39, 0.29) is 0 Å². The van der Waals surface area contributed by atoms with E-state index in [9.17, 15) is 9.59 Å². The van der Waals surface area contributed by atoms with Crippen molar-refractivity contribution >= 4 is 23.7 Å². The van der Waals surface area contributed by atoms with Gasteiger partial charge in [0.1, 0.15) is 0 Å². The number of esters is 2. The molecule has 0 spiro atoms. The molecule has 0 bridgehead atoms. The maximum Gasteiger partial charge on any atom is 0.338 e. The fraction of sp³-hybridized carbons (Fsp3) is 0.333. The molecule has 0 N–H and O–H groups in total. The molecule has 0 amide bonds. The van der Waals surface area contributed by atoms with Crippen molar-refractivity contribution in [2.45, 2.75) is 11.8 Å². The monoisotopic (exact) mass is 254 g/mol. The minimum absolute atomic E-state index is 0.301. The Hall–Kier alpha value is -1.49. The van der Waals surface area contributed by atoms with E-state index >= 15 is 0 Å². The fourth-order valence-corrected chi connectivity index (χ4v) is 1.77. The zero-order valence-corrected chi connectivity index (χ0v) is 10.8. The van der Waals surface area contributed by atoms with Gasteiger partial charge in [-0.15, -0.1) is 11.8 Å². The number of benzene rings is 1. The van der Waals surface area contributed by atoms with Crippen LogP contribution < -0.4 is 0 Å². The Labute approximate surface area is 104 Å². The van der Waals surface area contributed by atoms with Crippen LogP contribution in [0.1, 0.15) is 27.6 Å². The first kappa shape index (κ1) is 13.6. The lowest BCUT2D eigenvalue weighted by molar-refractivity contribution is 0.0526. The summed E-state index contributed by atoms with van der Waals surface area (Å²) in [5.74, 6) is -0.903. The van der Waals surface area contributed by atoms with E-state index in [4.69, 9.17) is 4.74 Å². The Kier molecular flexibility index (Phi) is 5.03. The lowest BCUT2D eigenvalue weighted by Gasteiger charge is -2.06. The number of ether oxygens (including phenoxy) is 2. The highest BCUT2D eigenvalue weighted by Crippen LogP contribution is 2.20. The van der Waals surface area contributed by atoms with E-state index in [1.165, 1.54) is 24.9 Å². The second kappa shape index (κ2) is 6.30. The molecule has 0 aromatic heterocycles. The summed E-state index contributed by atoms with van der Waals surface area (Å²) in [6.07, 6.45) is 1.87. The van der Waals surface area contributed by atoms with Gasteiger partial charge in [0.25, 0.3) is 0 Å². The molecule has 4 nitrogen and oxygen atoms in total. The smallest absolute Gasteiger partial charge is 0.338 e. The average Bonchev–Trinajstić information content (AvgIpc) is 2.37. The molecule has 0 atom stereocenters. The third kappa shape index (κ3) is 3.49. The van der Waals surface area contributed by atoms with Crippen molar-refractivity contribution in [2.75, 3.05) is 20.0 Å². The number of thioether (sulfide) groups is 1. The molecule has 1 rings (SSSR count). The summed E-state index contributed by atoms with van der Waals surface area (Å²) in [5.41, 5.74) is 0.710. The third-order valence-corrected chi connectivity index (χ3v) is 2.78. The van der Waals surface area contributed by atoms with E-state index < -0.39 is 11.9 Å². The van der Waals surface area contributed by atoms with Gasteiger partial charge in [-0.1, -0.05) is 0 Å². The van der Waals surface area contributed by atoms with E-state index in [0.717, 1.165) is 4.90 Å². The predicted molar refractivity (Wildman–Crippen MR) is 65.5 cm³/mol. The van der Waals surface area contributed by atoms with Gasteiger partial charge in [-0.3, -0.25) is 0 Å². The average molecular weight is 254 g/mol. The normalized spacial score (nSPS) is 9.82. The van der Waals surface area contributed by atoms with Gasteiger partial charge < -0.3 is 9.47 Å². The highest BCUT2D eigenvalue weighted by atomic mass is 32.2. The second-order valence-electron chi connectivity index (χ2n) is 3.16. The SMILES string of the molecule is CCOC(=O)c1cc(SC)cc(C(=O)OC)c1. The van der Waals surface area contributed by atoms with Gasteiger partial charge in [0.15, 0.2) is 0 Å². The number of methoxy groups -OCH3 is 1. The molecule has 1 aromatic carbocycles. The van der Waals surface area contributed by atoms with Crippen molar-refractivity contribution in [1.29, 1.82) is 0 Å². The van der Waals surface area contributed by atoms with Crippen molar-refractivity contribution in [3.8, 4) is 0 Å². The maximum absolute atomic E-state index is 11.6. The van der Waals surface area contributed by atoms with Gasteiger partial charge in [-0.25, -0.2) is 9.59 Å². The Bertz CT molecular complexity index is 429. The van der Waals surface area contributed by atoms with Crippen LogP contribution in [0.4, 0.5) is 0 Å². The molecule has 0 saturated carbocycles. The van der Waals surface area contributed by atoms with Crippen LogP contribution in [-0.2, 0) is 9.47 Å². The molecule has 0 saturated heterocycles. The first-order chi connectivity index (χ1) is 8.12. The van der Waals surface area contributed by atoms with E-state index in [2.05, 4.69) is 4.74 Å². The molecule has 5 heteroatoms. The molecular formula is C12H14O4S. The Morgan fingerprint density at radius 3 is 2.24 bits per heavy atom. The first-order valence-corrected chi connectivity index (χ1v) is 6.29. The van der Waals surface area contributed by atoms with Crippen LogP contribution in [0.2, 0.25) is 0 Å². The molecule has 0 aliphatic carbocycles. The lowest BCUT2D eigenvalue weighted by Crippen LogP contribution is -2.08. The molecule has 0 aliphatic rings. The van der Waals surface area contributed by atoms with Crippen molar-refractivity contribution < 1.29 is 19.1 Å². The Balaban J connectivity index is 3.13. The Morgan fingerprint density at radius 1 is 1.18 bits per heavy atom. The largest absolute Gasteiger partial charge is 0.465 e. The minimum atomic E-state index is -0.466. The summed E-state index contributed by atoms with van der Waals surface area (Å²) in [7, 11) is 1.30. The number of carbonyl (C=O) groups excluding carboxylic acids is 2. The van der Waals surface area contributed by atoms with Crippen molar-refractivity contribution in [3.63, 3.8) is 0 Å². The number of hydrogen-bond donors (Lipinski definition) is 0. The van der Waals surface area contributed by atoms with Gasteiger partial charge in [0, 0.05) is 4.90 Å². The van der Waals surface area contributed by atoms with Crippen LogP contribution in [0.5, 0.6) is 0 Å². The maximum atomic E-state index is 11.6. The van der Waals surface area contributed by atoms with Gasteiger partial charge >= 0.3 is 11.9 Å². The topological polar surface area (TPSA) is 52.6 Å². The summed E-state index contributed by atoms with van der Waals surface area (Å²) in [5, 5.41) is 0. The van der Waals surface area contributed by atoms with E-state index in [1.54, 1.807) is 19.1 Å². The zero-order valence-electron chi connectivity index (χ0n) is 9.98. The van der Waals surface area contributed by atoms with Crippen molar-refractivity contribution in [3.05, 3.63) is 29.3 Å². The van der Waals surface area contributed by atoms with Crippen LogP contribution in [0.3, 0.4) is 0 Å². The van der Waals surface area contributed by atoms with Crippen molar-refractivity contribution in [2.24, 2.45) is 0 Å². The van der Waals surface area contributed by atoms with Gasteiger partial charge in [-0.05, 0) is 31.4 Å². The van der Waals surface area contributed by atoms with Crippen LogP contribution in [0.25, 0.3) is 0 Å². The molecule has 0 radical (unpaired) electrons. The highest BCUT2D eigenvalue weighted by Gasteiger charge is 2.13. The van der Waals surface area contributed by atoms with Crippen LogP contribution in [0, 0.1) is 0 Å². The number of carbonyl (C=O) groups is 2. The summed E-state index contributed by atoms with van der Waals surface area (Å²) in [4.78, 5) is 23.8. The van der Waals surface area contributed by atoms with E-state index in [1.807, 2.05) is 6.26 Å². The zero-order chi connectivity index (χ0) is 12.8. The highest BCUT2D eigenvalue weighted by molar-refractivity contribution is 7.98. The van der Waals surface area contributed by atoms with Crippen LogP contribution >= 0.6 is 11.8 Å². The summed E-state index contributed by atoms with van der Waals surface area (Å²) >= 11 is 1.44. The third-order valence-electron chi connectivity index (χ3n) is 2.07. The lowest BCUT2D eigenvalue weighted by atomic mass is 10.1. The molecule has 92 valence electrons. The standard InChI is InChI=1S/C12H14O4S/c1-4-16-12(14)9-5-8(11(13)15-2)6-10(7-9)17-3/h5-7H,4H2,1-3H3. The number of rotatable bonds is 4. The van der Waals surface area contributed by atoms with Gasteiger partial charge in [0.05, 0.1) is 24.8 Å². The molecular weight excluding hydrogens is 240 g/mol. The van der Waals surface area contributed by atoms with Gasteiger partial charge in [-0.2, -0.15) is 0 Å². The first-order valence-electron chi connectivity index (χ1n) is 5.06. The second-order valence-corrected chi connectivity index (χ2v) is 4.04. The fourth-order valence-electron chi connectivity index (χ4n) is 1.28. The molecule has 0 unspecified atom stereocenters. The molecule has 0 aliphatic heterocycles. The van der Waals surface area contributed by atoms with Crippen LogP contribution in [0.15, 0.2) is 23.1 Å². The summed E-state index contributed by atoms with van der Waals surface area (Å²) < 4.78 is 9.53. The van der Waals surface area contributed by atoms with E-state index in [0.29, 0.717) is 17.7 Å². The van der Waals surface area contributed by atoms with Gasteiger partial charge in [0.2, 0.25) is 0 Å². The molecule has 1 aromatic rings. The Morgan fingerprint density at radius 2 is 1.76 bits per heavy atom. The summed E-state index contributed by atoms with van der Waals surface area (Å²) in [6, 6.07) is 4.85. The quantitative estimate of drug-likeness (QED) is 0.610. The summed E-state index contributed by atoms with van der Waals surface area (Å²) in [6.45, 7) is 2.04. The van der Waals surface area contributed by atoms with Crippen molar-refractivity contribution in [1.82, 2.24) is 0 Å². The predicted octanol–water partition coefficient (Wildman–Crippen LogP) is 2.37. The van der Waals surface area contributed by atoms with Crippen LogP contribution in [-0.4, -0.2) is 31.9 Å². The molecule has 0 heterocycles. The molecule has 17 heavy (non-hydrogen) atoms. The number of hydrogen-bond acceptors (Lipinski definition) is 5.